The lowest BCUT2D eigenvalue weighted by molar-refractivity contribution is 0.441. The lowest BCUT2D eigenvalue weighted by Crippen LogP contribution is -2.03. The fourth-order valence-corrected chi connectivity index (χ4v) is 3.46. The van der Waals surface area contributed by atoms with E-state index in [1.807, 2.05) is 42.5 Å². The summed E-state index contributed by atoms with van der Waals surface area (Å²) in [5.41, 5.74) is 1.48. The molecule has 0 atom stereocenters. The Morgan fingerprint density at radius 3 is 2.39 bits per heavy atom. The topological polar surface area (TPSA) is 9.23 Å². The second kappa shape index (κ2) is 7.76. The molecule has 1 saturated carbocycles. The van der Waals surface area contributed by atoms with E-state index in [4.69, 9.17) is 16.3 Å². The van der Waals surface area contributed by atoms with Crippen LogP contribution in [0.3, 0.4) is 0 Å². The van der Waals surface area contributed by atoms with E-state index in [1.165, 1.54) is 6.07 Å². The Hall–Kier alpha value is -2.65. The van der Waals surface area contributed by atoms with Gasteiger partial charge in [-0.25, -0.2) is 8.78 Å². The quantitative estimate of drug-likeness (QED) is 0.421. The van der Waals surface area contributed by atoms with E-state index in [9.17, 15) is 8.78 Å². The molecule has 1 nitrogen and oxygen atoms in total. The van der Waals surface area contributed by atoms with Gasteiger partial charge in [0.1, 0.15) is 11.6 Å². The van der Waals surface area contributed by atoms with Gasteiger partial charge in [0.15, 0.2) is 11.6 Å². The average Bonchev–Trinajstić information content (AvgIpc) is 3.46. The molecule has 0 aliphatic heterocycles. The van der Waals surface area contributed by atoms with Crippen LogP contribution in [0, 0.1) is 5.82 Å². The number of ether oxygens (including phenoxy) is 1. The third-order valence-corrected chi connectivity index (χ3v) is 5.23. The maximum atomic E-state index is 14.7. The molecule has 3 aromatic rings. The minimum absolute atomic E-state index is 0.0929. The molecule has 0 N–H and O–H groups in total. The molecular weight excluding hydrogens is 378 g/mol. The van der Waals surface area contributed by atoms with Gasteiger partial charge in [0, 0.05) is 16.9 Å². The zero-order valence-electron chi connectivity index (χ0n) is 15.2. The van der Waals surface area contributed by atoms with E-state index in [0.29, 0.717) is 16.3 Å². The van der Waals surface area contributed by atoms with Crippen LogP contribution in [0.25, 0.3) is 0 Å². The third kappa shape index (κ3) is 4.26. The van der Waals surface area contributed by atoms with Crippen LogP contribution in [0.15, 0.2) is 84.7 Å². The highest BCUT2D eigenvalue weighted by atomic mass is 35.5. The Morgan fingerprint density at radius 1 is 1.00 bits per heavy atom. The number of hydrogen-bond donors (Lipinski definition) is 0. The number of hydrogen-bond acceptors (Lipinski definition) is 1. The molecule has 1 fully saturated rings. The SMILES string of the molecule is F/C(=C/C1(c2ccc(Cl)cc2)CC1)Cc1ccc(F)c(Oc2ccccc2)c1. The number of para-hydroxylation sites is 1. The van der Waals surface area contributed by atoms with Gasteiger partial charge in [0.25, 0.3) is 0 Å². The molecule has 1 aliphatic carbocycles. The van der Waals surface area contributed by atoms with Gasteiger partial charge in [-0.1, -0.05) is 48.0 Å². The van der Waals surface area contributed by atoms with E-state index in [0.717, 1.165) is 18.4 Å². The number of rotatable bonds is 6. The molecule has 4 heteroatoms. The summed E-state index contributed by atoms with van der Waals surface area (Å²) in [7, 11) is 0. The van der Waals surface area contributed by atoms with E-state index in [-0.39, 0.29) is 23.4 Å². The van der Waals surface area contributed by atoms with Gasteiger partial charge in [-0.3, -0.25) is 0 Å². The van der Waals surface area contributed by atoms with E-state index < -0.39 is 5.82 Å². The smallest absolute Gasteiger partial charge is 0.165 e. The first-order valence-corrected chi connectivity index (χ1v) is 9.56. The van der Waals surface area contributed by atoms with Gasteiger partial charge in [-0.15, -0.1) is 0 Å². The summed E-state index contributed by atoms with van der Waals surface area (Å²) in [5, 5.41) is 0.668. The minimum atomic E-state index is -0.475. The lowest BCUT2D eigenvalue weighted by Gasteiger charge is -2.12. The van der Waals surface area contributed by atoms with Gasteiger partial charge in [0.2, 0.25) is 0 Å². The highest BCUT2D eigenvalue weighted by Gasteiger charge is 2.42. The van der Waals surface area contributed by atoms with Gasteiger partial charge in [-0.2, -0.15) is 0 Å². The maximum Gasteiger partial charge on any atom is 0.165 e. The predicted octanol–water partition coefficient (Wildman–Crippen LogP) is 7.40. The molecule has 0 amide bonds. The fourth-order valence-electron chi connectivity index (χ4n) is 3.33. The Morgan fingerprint density at radius 2 is 1.71 bits per heavy atom. The second-order valence-corrected chi connectivity index (χ2v) is 7.55. The summed E-state index contributed by atoms with van der Waals surface area (Å²) < 4.78 is 34.4. The standard InChI is InChI=1S/C24H19ClF2O/c25-19-9-7-18(8-10-19)24(12-13-24)16-20(26)14-17-6-11-22(27)23(15-17)28-21-4-2-1-3-5-21/h1-11,15-16H,12-14H2/b20-16+. The van der Waals surface area contributed by atoms with Crippen LogP contribution < -0.4 is 4.74 Å². The Balaban J connectivity index is 1.51. The summed E-state index contributed by atoms with van der Waals surface area (Å²) in [5.74, 6) is -0.0777. The van der Waals surface area contributed by atoms with E-state index in [1.54, 1.807) is 30.3 Å². The van der Waals surface area contributed by atoms with Crippen LogP contribution in [0.4, 0.5) is 8.78 Å². The Kier molecular flexibility index (Phi) is 5.19. The normalized spacial score (nSPS) is 15.3. The van der Waals surface area contributed by atoms with Crippen molar-refractivity contribution in [1.82, 2.24) is 0 Å². The van der Waals surface area contributed by atoms with E-state index in [2.05, 4.69) is 0 Å². The van der Waals surface area contributed by atoms with Crippen molar-refractivity contribution in [3.8, 4) is 11.5 Å². The summed E-state index contributed by atoms with van der Waals surface area (Å²) in [4.78, 5) is 0. The fraction of sp³-hybridized carbons (Fsp3) is 0.167. The zero-order chi connectivity index (χ0) is 19.6. The predicted molar refractivity (Wildman–Crippen MR) is 108 cm³/mol. The molecular formula is C24H19ClF2O. The van der Waals surface area contributed by atoms with Crippen molar-refractivity contribution in [2.24, 2.45) is 0 Å². The summed E-state index contributed by atoms with van der Waals surface area (Å²) in [6.07, 6.45) is 3.61. The molecule has 0 heterocycles. The van der Waals surface area contributed by atoms with Gasteiger partial charge < -0.3 is 4.74 Å². The molecule has 0 spiro atoms. The number of benzene rings is 3. The van der Waals surface area contributed by atoms with E-state index >= 15 is 0 Å². The first kappa shape index (κ1) is 18.7. The van der Waals surface area contributed by atoms with Crippen LogP contribution in [0.2, 0.25) is 5.02 Å². The van der Waals surface area contributed by atoms with Crippen LogP contribution in [0.1, 0.15) is 24.0 Å². The first-order chi connectivity index (χ1) is 13.5. The molecule has 142 valence electrons. The molecule has 1 aliphatic rings. The van der Waals surface area contributed by atoms with Crippen molar-refractivity contribution in [3.63, 3.8) is 0 Å². The second-order valence-electron chi connectivity index (χ2n) is 7.11. The molecule has 0 unspecified atom stereocenters. The zero-order valence-corrected chi connectivity index (χ0v) is 15.9. The average molecular weight is 397 g/mol. The van der Waals surface area contributed by atoms with Gasteiger partial charge >= 0.3 is 0 Å². The van der Waals surface area contributed by atoms with Crippen LogP contribution in [-0.2, 0) is 11.8 Å². The first-order valence-electron chi connectivity index (χ1n) is 9.19. The number of halogens is 3. The molecule has 3 aromatic carbocycles. The van der Waals surface area contributed by atoms with Crippen LogP contribution in [-0.4, -0.2) is 0 Å². The highest BCUT2D eigenvalue weighted by molar-refractivity contribution is 6.30. The van der Waals surface area contributed by atoms with Crippen molar-refractivity contribution in [3.05, 3.63) is 107 Å². The third-order valence-electron chi connectivity index (χ3n) is 4.98. The van der Waals surface area contributed by atoms with Crippen molar-refractivity contribution in [2.75, 3.05) is 0 Å². The summed E-state index contributed by atoms with van der Waals surface area (Å²) in [6, 6.07) is 21.0. The lowest BCUT2D eigenvalue weighted by atomic mass is 9.94. The van der Waals surface area contributed by atoms with Crippen molar-refractivity contribution in [1.29, 1.82) is 0 Å². The molecule has 0 aromatic heterocycles. The molecule has 0 radical (unpaired) electrons. The van der Waals surface area contributed by atoms with Gasteiger partial charge in [-0.05, 0) is 66.4 Å². The van der Waals surface area contributed by atoms with Crippen LogP contribution >= 0.6 is 11.6 Å². The Bertz CT molecular complexity index is 993. The highest BCUT2D eigenvalue weighted by Crippen LogP contribution is 2.50. The van der Waals surface area contributed by atoms with Gasteiger partial charge in [0.05, 0.1) is 0 Å². The largest absolute Gasteiger partial charge is 0.454 e. The summed E-state index contributed by atoms with van der Waals surface area (Å²) >= 11 is 5.95. The molecule has 28 heavy (non-hydrogen) atoms. The molecule has 4 rings (SSSR count). The van der Waals surface area contributed by atoms with Crippen molar-refractivity contribution in [2.45, 2.75) is 24.7 Å². The van der Waals surface area contributed by atoms with Crippen molar-refractivity contribution >= 4 is 11.6 Å². The van der Waals surface area contributed by atoms with Crippen LogP contribution in [0.5, 0.6) is 11.5 Å². The Labute approximate surface area is 168 Å². The molecule has 0 saturated heterocycles. The maximum absolute atomic E-state index is 14.7. The molecule has 0 bridgehead atoms. The van der Waals surface area contributed by atoms with Crippen molar-refractivity contribution < 1.29 is 13.5 Å². The number of allylic oxidation sites excluding steroid dienone is 2. The summed E-state index contributed by atoms with van der Waals surface area (Å²) in [6.45, 7) is 0. The minimum Gasteiger partial charge on any atom is -0.454 e. The monoisotopic (exact) mass is 396 g/mol.